The fourth-order valence-corrected chi connectivity index (χ4v) is 2.94. The zero-order valence-corrected chi connectivity index (χ0v) is 14.1. The van der Waals surface area contributed by atoms with Crippen molar-refractivity contribution in [2.75, 3.05) is 0 Å². The number of benzene rings is 2. The van der Waals surface area contributed by atoms with E-state index >= 15 is 0 Å². The minimum atomic E-state index is -1.08. The molecule has 2 atom stereocenters. The minimum absolute atomic E-state index is 0.106. The molecular weight excluding hydrogens is 342 g/mol. The molecule has 2 aromatic carbocycles. The van der Waals surface area contributed by atoms with Gasteiger partial charge in [0, 0.05) is 11.6 Å². The molecule has 0 saturated heterocycles. The summed E-state index contributed by atoms with van der Waals surface area (Å²) in [5.74, 6) is -3.21. The number of imide groups is 1. The number of rotatable bonds is 4. The minimum Gasteiger partial charge on any atom is -0.348 e. The largest absolute Gasteiger partial charge is 0.348 e. The highest BCUT2D eigenvalue weighted by Gasteiger charge is 2.40. The van der Waals surface area contributed by atoms with Crippen molar-refractivity contribution < 1.29 is 23.2 Å². The summed E-state index contributed by atoms with van der Waals surface area (Å²) in [5, 5.41) is 2.55. The molecule has 0 bridgehead atoms. The average Bonchev–Trinajstić information content (AvgIpc) is 2.85. The molecule has 7 heteroatoms. The number of carbonyl (C=O) groups is 3. The van der Waals surface area contributed by atoms with Gasteiger partial charge in [0.1, 0.15) is 17.7 Å². The van der Waals surface area contributed by atoms with Crippen LogP contribution < -0.4 is 5.32 Å². The smallest absolute Gasteiger partial charge is 0.262 e. The Kier molecular flexibility index (Phi) is 4.54. The predicted octanol–water partition coefficient (Wildman–Crippen LogP) is 2.83. The zero-order chi connectivity index (χ0) is 19.0. The Bertz CT molecular complexity index is 878. The Hall–Kier alpha value is -3.09. The first kappa shape index (κ1) is 17.7. The van der Waals surface area contributed by atoms with E-state index in [0.717, 1.165) is 17.0 Å². The van der Waals surface area contributed by atoms with Crippen LogP contribution in [-0.2, 0) is 4.79 Å². The highest BCUT2D eigenvalue weighted by molar-refractivity contribution is 6.22. The van der Waals surface area contributed by atoms with Gasteiger partial charge in [-0.1, -0.05) is 18.2 Å². The van der Waals surface area contributed by atoms with Crippen LogP contribution in [0, 0.1) is 11.6 Å². The monoisotopic (exact) mass is 358 g/mol. The number of hydrogen-bond acceptors (Lipinski definition) is 3. The maximum absolute atomic E-state index is 13.8. The standard InChI is InChI=1S/C19H16F2N2O3/c1-10(13-8-7-12(20)9-16(13)21)22-17(24)11(2)23-18(25)14-5-3-4-6-15(14)19(23)26/h3-11H,1-2H3,(H,22,24). The fourth-order valence-electron chi connectivity index (χ4n) is 2.94. The summed E-state index contributed by atoms with van der Waals surface area (Å²) in [4.78, 5) is 38.2. The van der Waals surface area contributed by atoms with E-state index in [1.54, 1.807) is 12.1 Å². The number of halogens is 2. The lowest BCUT2D eigenvalue weighted by Crippen LogP contribution is -2.48. The van der Waals surface area contributed by atoms with Gasteiger partial charge in [-0.2, -0.15) is 0 Å². The Morgan fingerprint density at radius 1 is 1.00 bits per heavy atom. The Labute approximate surface area is 148 Å². The third kappa shape index (κ3) is 2.96. The molecule has 134 valence electrons. The second kappa shape index (κ2) is 6.67. The third-order valence-electron chi connectivity index (χ3n) is 4.38. The van der Waals surface area contributed by atoms with Gasteiger partial charge >= 0.3 is 0 Å². The van der Waals surface area contributed by atoms with E-state index in [0.29, 0.717) is 0 Å². The number of fused-ring (bicyclic) bond motifs is 1. The molecule has 0 radical (unpaired) electrons. The summed E-state index contributed by atoms with van der Waals surface area (Å²) in [7, 11) is 0. The SMILES string of the molecule is CC(NC(=O)C(C)N1C(=O)c2ccccc2C1=O)c1ccc(F)cc1F. The Morgan fingerprint density at radius 2 is 1.58 bits per heavy atom. The van der Waals surface area contributed by atoms with E-state index in [2.05, 4.69) is 5.32 Å². The fraction of sp³-hybridized carbons (Fsp3) is 0.211. The van der Waals surface area contributed by atoms with E-state index in [-0.39, 0.29) is 16.7 Å². The third-order valence-corrected chi connectivity index (χ3v) is 4.38. The van der Waals surface area contributed by atoms with Gasteiger partial charge in [-0.05, 0) is 32.0 Å². The van der Waals surface area contributed by atoms with Crippen LogP contribution in [0.4, 0.5) is 8.78 Å². The summed E-state index contributed by atoms with van der Waals surface area (Å²) in [5.41, 5.74) is 0.596. The van der Waals surface area contributed by atoms with Crippen molar-refractivity contribution in [3.63, 3.8) is 0 Å². The van der Waals surface area contributed by atoms with Gasteiger partial charge in [-0.25, -0.2) is 8.78 Å². The van der Waals surface area contributed by atoms with Crippen molar-refractivity contribution in [1.29, 1.82) is 0 Å². The first-order valence-corrected chi connectivity index (χ1v) is 8.03. The predicted molar refractivity (Wildman–Crippen MR) is 89.3 cm³/mol. The first-order chi connectivity index (χ1) is 12.3. The van der Waals surface area contributed by atoms with Crippen molar-refractivity contribution in [2.24, 2.45) is 0 Å². The van der Waals surface area contributed by atoms with E-state index in [9.17, 15) is 23.2 Å². The molecule has 0 aliphatic carbocycles. The quantitative estimate of drug-likeness (QED) is 0.855. The zero-order valence-electron chi connectivity index (χ0n) is 14.1. The van der Waals surface area contributed by atoms with Crippen LogP contribution in [0.25, 0.3) is 0 Å². The molecule has 1 heterocycles. The number of carbonyl (C=O) groups excluding carboxylic acids is 3. The normalized spacial score (nSPS) is 15.6. The molecule has 5 nitrogen and oxygen atoms in total. The van der Waals surface area contributed by atoms with Crippen LogP contribution in [0.3, 0.4) is 0 Å². The molecule has 0 fully saturated rings. The van der Waals surface area contributed by atoms with Crippen molar-refractivity contribution in [2.45, 2.75) is 25.9 Å². The second-order valence-corrected chi connectivity index (χ2v) is 6.10. The number of nitrogens with one attached hydrogen (secondary N) is 1. The first-order valence-electron chi connectivity index (χ1n) is 8.03. The highest BCUT2D eigenvalue weighted by Crippen LogP contribution is 2.25. The topological polar surface area (TPSA) is 66.5 Å². The van der Waals surface area contributed by atoms with Gasteiger partial charge in [0.25, 0.3) is 11.8 Å². The summed E-state index contributed by atoms with van der Waals surface area (Å²) in [6, 6.07) is 7.54. The molecule has 1 aliphatic rings. The second-order valence-electron chi connectivity index (χ2n) is 6.10. The van der Waals surface area contributed by atoms with Crippen molar-refractivity contribution in [3.8, 4) is 0 Å². The average molecular weight is 358 g/mol. The van der Waals surface area contributed by atoms with Gasteiger partial charge in [0.2, 0.25) is 5.91 Å². The van der Waals surface area contributed by atoms with Gasteiger partial charge in [0.05, 0.1) is 17.2 Å². The van der Waals surface area contributed by atoms with Crippen LogP contribution in [0.15, 0.2) is 42.5 Å². The van der Waals surface area contributed by atoms with E-state index < -0.39 is 41.4 Å². The Balaban J connectivity index is 1.76. The molecule has 1 aliphatic heterocycles. The van der Waals surface area contributed by atoms with Gasteiger partial charge < -0.3 is 5.32 Å². The molecule has 1 N–H and O–H groups in total. The number of hydrogen-bond donors (Lipinski definition) is 1. The molecule has 3 amide bonds. The summed E-state index contributed by atoms with van der Waals surface area (Å²) < 4.78 is 26.9. The van der Waals surface area contributed by atoms with Crippen molar-refractivity contribution in [3.05, 3.63) is 70.8 Å². The Morgan fingerprint density at radius 3 is 2.12 bits per heavy atom. The molecule has 2 aromatic rings. The van der Waals surface area contributed by atoms with Gasteiger partial charge in [-0.15, -0.1) is 0 Å². The maximum Gasteiger partial charge on any atom is 0.262 e. The van der Waals surface area contributed by atoms with Crippen molar-refractivity contribution in [1.82, 2.24) is 10.2 Å². The molecule has 26 heavy (non-hydrogen) atoms. The lowest BCUT2D eigenvalue weighted by atomic mass is 10.1. The molecule has 3 rings (SSSR count). The van der Waals surface area contributed by atoms with Gasteiger partial charge in [-0.3, -0.25) is 19.3 Å². The van der Waals surface area contributed by atoms with Crippen LogP contribution in [0.2, 0.25) is 0 Å². The molecule has 0 aromatic heterocycles. The molecule has 0 spiro atoms. The van der Waals surface area contributed by atoms with Crippen LogP contribution >= 0.6 is 0 Å². The summed E-state index contributed by atoms with van der Waals surface area (Å²) >= 11 is 0. The van der Waals surface area contributed by atoms with Crippen LogP contribution in [0.1, 0.15) is 46.2 Å². The maximum atomic E-state index is 13.8. The summed E-state index contributed by atoms with van der Waals surface area (Å²) in [6.45, 7) is 2.95. The van der Waals surface area contributed by atoms with E-state index in [4.69, 9.17) is 0 Å². The van der Waals surface area contributed by atoms with Gasteiger partial charge in [0.15, 0.2) is 0 Å². The number of amides is 3. The molecule has 2 unspecified atom stereocenters. The molecular formula is C19H16F2N2O3. The lowest BCUT2D eigenvalue weighted by Gasteiger charge is -2.24. The van der Waals surface area contributed by atoms with Crippen molar-refractivity contribution >= 4 is 17.7 Å². The lowest BCUT2D eigenvalue weighted by molar-refractivity contribution is -0.125. The van der Waals surface area contributed by atoms with E-state index in [1.165, 1.54) is 32.0 Å². The van der Waals surface area contributed by atoms with Crippen LogP contribution in [0.5, 0.6) is 0 Å². The van der Waals surface area contributed by atoms with E-state index in [1.807, 2.05) is 0 Å². The van der Waals surface area contributed by atoms with Crippen LogP contribution in [-0.4, -0.2) is 28.7 Å². The summed E-state index contributed by atoms with van der Waals surface area (Å²) in [6.07, 6.45) is 0. The highest BCUT2D eigenvalue weighted by atomic mass is 19.1. The number of nitrogens with zero attached hydrogens (tertiary/aromatic N) is 1. The molecule has 0 saturated carbocycles.